The van der Waals surface area contributed by atoms with Crippen LogP contribution < -0.4 is 20.5 Å². The minimum atomic E-state index is -1.19. The number of hydrogen-bond donors (Lipinski definition) is 3. The Hall–Kier alpha value is -2.78. The first-order valence-electron chi connectivity index (χ1n) is 9.65. The number of ether oxygens (including phenoxy) is 2. The van der Waals surface area contributed by atoms with Crippen molar-refractivity contribution in [3.8, 4) is 11.5 Å². The van der Waals surface area contributed by atoms with Crippen molar-refractivity contribution in [3.05, 3.63) is 90.0 Å². The van der Waals surface area contributed by atoms with Gasteiger partial charge in [0.1, 0.15) is 5.60 Å². The molecule has 6 nitrogen and oxygen atoms in total. The third-order valence-corrected chi connectivity index (χ3v) is 4.82. The summed E-state index contributed by atoms with van der Waals surface area (Å²) in [6.45, 7) is 0.109. The highest BCUT2D eigenvalue weighted by atomic mass is 127. The number of guanidine groups is 1. The summed E-state index contributed by atoms with van der Waals surface area (Å²) in [5.74, 6) is 1.41. The van der Waals surface area contributed by atoms with Gasteiger partial charge in [-0.15, -0.1) is 24.0 Å². The first-order chi connectivity index (χ1) is 14.5. The Morgan fingerprint density at radius 3 is 2.16 bits per heavy atom. The van der Waals surface area contributed by atoms with Crippen molar-refractivity contribution in [3.63, 3.8) is 0 Å². The van der Waals surface area contributed by atoms with Crippen molar-refractivity contribution in [2.24, 2.45) is 10.7 Å². The molecule has 0 bridgehead atoms. The second-order valence-electron chi connectivity index (χ2n) is 6.96. The summed E-state index contributed by atoms with van der Waals surface area (Å²) >= 11 is 0. The summed E-state index contributed by atoms with van der Waals surface area (Å²) < 4.78 is 10.6. The van der Waals surface area contributed by atoms with E-state index >= 15 is 0 Å². The first-order valence-corrected chi connectivity index (χ1v) is 9.65. The van der Waals surface area contributed by atoms with Gasteiger partial charge in [0, 0.05) is 18.2 Å². The molecule has 31 heavy (non-hydrogen) atoms. The van der Waals surface area contributed by atoms with E-state index in [-0.39, 0.29) is 36.5 Å². The topological polar surface area (TPSA) is 89.1 Å². The molecule has 0 saturated carbocycles. The van der Waals surface area contributed by atoms with Gasteiger partial charge in [0.15, 0.2) is 17.5 Å². The van der Waals surface area contributed by atoms with Gasteiger partial charge in [0.25, 0.3) is 0 Å². The minimum Gasteiger partial charge on any atom is -0.493 e. The molecular weight excluding hydrogens is 505 g/mol. The van der Waals surface area contributed by atoms with Crippen LogP contribution in [-0.4, -0.2) is 31.8 Å². The smallest absolute Gasteiger partial charge is 0.193 e. The molecule has 3 rings (SSSR count). The quantitative estimate of drug-likeness (QED) is 0.230. The van der Waals surface area contributed by atoms with E-state index in [4.69, 9.17) is 15.2 Å². The molecule has 0 amide bonds. The number of rotatable bonds is 8. The molecule has 0 heterocycles. The van der Waals surface area contributed by atoms with Crippen LogP contribution in [0.15, 0.2) is 83.9 Å². The fraction of sp³-hybridized carbons (Fsp3) is 0.208. The second kappa shape index (κ2) is 11.6. The number of anilines is 1. The van der Waals surface area contributed by atoms with Gasteiger partial charge in [0.05, 0.1) is 20.8 Å². The van der Waals surface area contributed by atoms with Gasteiger partial charge >= 0.3 is 0 Å². The average molecular weight is 533 g/mol. The lowest BCUT2D eigenvalue weighted by Gasteiger charge is -2.27. The van der Waals surface area contributed by atoms with E-state index in [0.29, 0.717) is 23.6 Å². The molecule has 0 spiro atoms. The SMILES string of the molecule is COc1ccc(NC(N)=NCC(O)(Cc2ccccc2)c2ccccc2)cc1OC.I. The van der Waals surface area contributed by atoms with E-state index in [1.165, 1.54) is 0 Å². The third kappa shape index (κ3) is 6.60. The summed E-state index contributed by atoms with van der Waals surface area (Å²) in [4.78, 5) is 4.42. The summed E-state index contributed by atoms with van der Waals surface area (Å²) in [6.07, 6.45) is 0.422. The Morgan fingerprint density at radius 1 is 0.935 bits per heavy atom. The molecule has 0 aliphatic carbocycles. The van der Waals surface area contributed by atoms with Crippen LogP contribution in [0.4, 0.5) is 5.69 Å². The molecule has 0 fully saturated rings. The number of hydrogen-bond acceptors (Lipinski definition) is 4. The van der Waals surface area contributed by atoms with Crippen LogP contribution in [0.2, 0.25) is 0 Å². The lowest BCUT2D eigenvalue weighted by molar-refractivity contribution is 0.0468. The van der Waals surface area contributed by atoms with Crippen molar-refractivity contribution in [1.82, 2.24) is 0 Å². The average Bonchev–Trinajstić information content (AvgIpc) is 2.79. The molecule has 164 valence electrons. The van der Waals surface area contributed by atoms with Crippen molar-refractivity contribution >= 4 is 35.6 Å². The number of nitrogens with zero attached hydrogens (tertiary/aromatic N) is 1. The molecular formula is C24H28IN3O3. The molecule has 0 aliphatic rings. The van der Waals surface area contributed by atoms with E-state index < -0.39 is 5.60 Å². The minimum absolute atomic E-state index is 0. The number of methoxy groups -OCH3 is 2. The Kier molecular flexibility index (Phi) is 9.14. The maximum absolute atomic E-state index is 11.5. The highest BCUT2D eigenvalue weighted by Gasteiger charge is 2.29. The van der Waals surface area contributed by atoms with Crippen molar-refractivity contribution in [1.29, 1.82) is 0 Å². The van der Waals surface area contributed by atoms with Gasteiger partial charge in [0.2, 0.25) is 0 Å². The normalized spacial score (nSPS) is 12.9. The summed E-state index contributed by atoms with van der Waals surface area (Å²) in [6, 6.07) is 24.7. The Labute approximate surface area is 200 Å². The highest BCUT2D eigenvalue weighted by Crippen LogP contribution is 2.30. The van der Waals surface area contributed by atoms with Gasteiger partial charge in [-0.2, -0.15) is 0 Å². The zero-order valence-electron chi connectivity index (χ0n) is 17.6. The summed E-state index contributed by atoms with van der Waals surface area (Å²) in [5, 5.41) is 14.5. The number of nitrogens with one attached hydrogen (secondary N) is 1. The maximum atomic E-state index is 11.5. The van der Waals surface area contributed by atoms with Crippen LogP contribution in [0.25, 0.3) is 0 Å². The number of aliphatic imine (C=N–C) groups is 1. The van der Waals surface area contributed by atoms with Crippen LogP contribution >= 0.6 is 24.0 Å². The molecule has 4 N–H and O–H groups in total. The molecule has 3 aromatic carbocycles. The lowest BCUT2D eigenvalue weighted by Crippen LogP contribution is -2.34. The molecule has 1 atom stereocenters. The predicted octanol–water partition coefficient (Wildman–Crippen LogP) is 4.18. The number of nitrogens with two attached hydrogens (primary N) is 1. The summed E-state index contributed by atoms with van der Waals surface area (Å²) in [7, 11) is 3.15. The van der Waals surface area contributed by atoms with E-state index in [1.807, 2.05) is 66.7 Å². The molecule has 0 saturated heterocycles. The van der Waals surface area contributed by atoms with Gasteiger partial charge in [-0.05, 0) is 23.3 Å². The van der Waals surface area contributed by atoms with Crippen molar-refractivity contribution < 1.29 is 14.6 Å². The fourth-order valence-electron chi connectivity index (χ4n) is 3.25. The van der Waals surface area contributed by atoms with Gasteiger partial charge in [-0.3, -0.25) is 0 Å². The van der Waals surface area contributed by atoms with Crippen LogP contribution in [0.1, 0.15) is 11.1 Å². The Balaban J connectivity index is 0.00000341. The molecule has 0 aliphatic heterocycles. The fourth-order valence-corrected chi connectivity index (χ4v) is 3.25. The standard InChI is InChI=1S/C24H27N3O3.HI/c1-29-21-14-13-20(15-22(21)30-2)27-23(25)26-17-24(28,19-11-7-4-8-12-19)16-18-9-5-3-6-10-18;/h3-15,28H,16-17H2,1-2H3,(H3,25,26,27);1H. The second-order valence-corrected chi connectivity index (χ2v) is 6.96. The summed E-state index contributed by atoms with van der Waals surface area (Å²) in [5.41, 5.74) is 7.43. The molecule has 1 unspecified atom stereocenters. The lowest BCUT2D eigenvalue weighted by atomic mass is 9.87. The molecule has 7 heteroatoms. The van der Waals surface area contributed by atoms with E-state index in [2.05, 4.69) is 10.3 Å². The monoisotopic (exact) mass is 533 g/mol. The van der Waals surface area contributed by atoms with E-state index in [9.17, 15) is 5.11 Å². The molecule has 0 aromatic heterocycles. The van der Waals surface area contributed by atoms with Crippen LogP contribution in [0, 0.1) is 0 Å². The first kappa shape index (κ1) is 24.5. The van der Waals surface area contributed by atoms with E-state index in [1.54, 1.807) is 26.4 Å². The zero-order valence-corrected chi connectivity index (χ0v) is 19.9. The van der Waals surface area contributed by atoms with Gasteiger partial charge < -0.3 is 25.6 Å². The molecule has 3 aromatic rings. The molecule has 0 radical (unpaired) electrons. The van der Waals surface area contributed by atoms with Crippen LogP contribution in [0.5, 0.6) is 11.5 Å². The van der Waals surface area contributed by atoms with Crippen LogP contribution in [-0.2, 0) is 12.0 Å². The van der Waals surface area contributed by atoms with Crippen molar-refractivity contribution in [2.45, 2.75) is 12.0 Å². The maximum Gasteiger partial charge on any atom is 0.193 e. The van der Waals surface area contributed by atoms with Crippen LogP contribution in [0.3, 0.4) is 0 Å². The third-order valence-electron chi connectivity index (χ3n) is 4.82. The number of halogens is 1. The Bertz CT molecular complexity index is 984. The Morgan fingerprint density at radius 2 is 1.55 bits per heavy atom. The number of benzene rings is 3. The van der Waals surface area contributed by atoms with Gasteiger partial charge in [-0.25, -0.2) is 4.99 Å². The van der Waals surface area contributed by atoms with E-state index in [0.717, 1.165) is 11.1 Å². The number of aliphatic hydroxyl groups is 1. The van der Waals surface area contributed by atoms with Crippen molar-refractivity contribution in [2.75, 3.05) is 26.1 Å². The van der Waals surface area contributed by atoms with Gasteiger partial charge in [-0.1, -0.05) is 60.7 Å². The predicted molar refractivity (Wildman–Crippen MR) is 136 cm³/mol. The largest absolute Gasteiger partial charge is 0.493 e. The zero-order chi connectivity index (χ0) is 21.4. The highest BCUT2D eigenvalue weighted by molar-refractivity contribution is 14.0.